The van der Waals surface area contributed by atoms with E-state index in [1.54, 1.807) is 29.2 Å². The molecule has 0 bridgehead atoms. The minimum atomic E-state index is -0.763. The molecule has 1 aromatic heterocycles. The van der Waals surface area contributed by atoms with Crippen LogP contribution in [0, 0.1) is 0 Å². The van der Waals surface area contributed by atoms with E-state index in [4.69, 9.17) is 9.47 Å². The van der Waals surface area contributed by atoms with Gasteiger partial charge in [0.05, 0.1) is 24.5 Å². The molecular weight excluding hydrogens is 370 g/mol. The third-order valence-electron chi connectivity index (χ3n) is 4.08. The van der Waals surface area contributed by atoms with Crippen molar-refractivity contribution in [2.24, 2.45) is 0 Å². The summed E-state index contributed by atoms with van der Waals surface area (Å²) in [6.07, 6.45) is 0.232. The van der Waals surface area contributed by atoms with Crippen molar-refractivity contribution in [3.8, 4) is 5.75 Å². The summed E-state index contributed by atoms with van der Waals surface area (Å²) in [4.78, 5) is 39.4. The topological polar surface area (TPSA) is 93.1 Å². The zero-order valence-corrected chi connectivity index (χ0v) is 15.4. The number of ketones is 1. The molecule has 0 spiro atoms. The Balaban J connectivity index is 1.53. The number of aromatic hydroxyl groups is 1. The number of phenolic OH excluding ortho intramolecular Hbond substituents is 1. The fourth-order valence-electron chi connectivity index (χ4n) is 2.62. The Morgan fingerprint density at radius 3 is 2.59 bits per heavy atom. The summed E-state index contributed by atoms with van der Waals surface area (Å²) in [5, 5.41) is 9.63. The van der Waals surface area contributed by atoms with Gasteiger partial charge in [0.25, 0.3) is 0 Å². The summed E-state index contributed by atoms with van der Waals surface area (Å²) >= 11 is 1.21. The van der Waals surface area contributed by atoms with Crippen molar-refractivity contribution in [2.75, 3.05) is 32.9 Å². The van der Waals surface area contributed by atoms with Crippen LogP contribution < -0.4 is 0 Å². The van der Waals surface area contributed by atoms with E-state index in [0.717, 1.165) is 4.88 Å². The van der Waals surface area contributed by atoms with Gasteiger partial charge in [0.15, 0.2) is 6.61 Å². The van der Waals surface area contributed by atoms with Crippen LogP contribution in [0.25, 0.3) is 0 Å². The largest absolute Gasteiger partial charge is 0.507 e. The van der Waals surface area contributed by atoms with Gasteiger partial charge in [-0.1, -0.05) is 12.1 Å². The number of carbonyl (C=O) groups is 3. The molecule has 1 aliphatic rings. The maximum Gasteiger partial charge on any atom is 0.342 e. The molecule has 3 rings (SSSR count). The van der Waals surface area contributed by atoms with Gasteiger partial charge in [0.1, 0.15) is 11.3 Å². The first kappa shape index (κ1) is 19.1. The Kier molecular flexibility index (Phi) is 6.20. The SMILES string of the molecule is O=C(COC(=O)c1ccccc1O)c1ccc(CC(=O)N2CCOCC2)s1. The average molecular weight is 389 g/mol. The molecular formula is C19H19NO6S. The van der Waals surface area contributed by atoms with Gasteiger partial charge < -0.3 is 19.5 Å². The van der Waals surface area contributed by atoms with Crippen LogP contribution in [0.4, 0.5) is 0 Å². The smallest absolute Gasteiger partial charge is 0.342 e. The molecule has 0 unspecified atom stereocenters. The minimum absolute atomic E-state index is 0.00475. The van der Waals surface area contributed by atoms with Crippen LogP contribution in [-0.2, 0) is 20.7 Å². The number of amides is 1. The second-order valence-corrected chi connectivity index (χ2v) is 7.12. The number of nitrogens with zero attached hydrogens (tertiary/aromatic N) is 1. The Morgan fingerprint density at radius 2 is 1.85 bits per heavy atom. The van der Waals surface area contributed by atoms with E-state index in [0.29, 0.717) is 31.2 Å². The highest BCUT2D eigenvalue weighted by Gasteiger charge is 2.19. The van der Waals surface area contributed by atoms with E-state index in [1.807, 2.05) is 0 Å². The van der Waals surface area contributed by atoms with E-state index in [-0.39, 0.29) is 29.4 Å². The van der Waals surface area contributed by atoms with Crippen LogP contribution in [0.2, 0.25) is 0 Å². The number of benzene rings is 1. The number of ether oxygens (including phenoxy) is 2. The predicted molar refractivity (Wildman–Crippen MR) is 98.1 cm³/mol. The van der Waals surface area contributed by atoms with Crippen molar-refractivity contribution in [1.82, 2.24) is 4.90 Å². The van der Waals surface area contributed by atoms with Crippen LogP contribution in [0.1, 0.15) is 24.9 Å². The van der Waals surface area contributed by atoms with Crippen LogP contribution in [-0.4, -0.2) is 60.6 Å². The summed E-state index contributed by atoms with van der Waals surface area (Å²) in [5.74, 6) is -1.31. The molecule has 27 heavy (non-hydrogen) atoms. The molecule has 0 saturated carbocycles. The second kappa shape index (κ2) is 8.79. The Bertz CT molecular complexity index is 840. The molecule has 8 heteroatoms. The van der Waals surface area contributed by atoms with Gasteiger partial charge in [-0.25, -0.2) is 4.79 Å². The number of morpholine rings is 1. The zero-order valence-electron chi connectivity index (χ0n) is 14.6. The molecule has 142 valence electrons. The van der Waals surface area contributed by atoms with Crippen molar-refractivity contribution in [3.05, 3.63) is 51.7 Å². The second-order valence-electron chi connectivity index (χ2n) is 5.95. The highest BCUT2D eigenvalue weighted by molar-refractivity contribution is 7.14. The van der Waals surface area contributed by atoms with Crippen molar-refractivity contribution in [1.29, 1.82) is 0 Å². The molecule has 2 aromatic rings. The maximum atomic E-state index is 12.2. The summed E-state index contributed by atoms with van der Waals surface area (Å²) in [7, 11) is 0. The normalized spacial score (nSPS) is 14.0. The monoisotopic (exact) mass is 389 g/mol. The number of hydrogen-bond acceptors (Lipinski definition) is 7. The van der Waals surface area contributed by atoms with Gasteiger partial charge in [0.2, 0.25) is 11.7 Å². The first-order valence-corrected chi connectivity index (χ1v) is 9.29. The number of Topliss-reactive ketones (excluding diaryl/α,β-unsaturated/α-hetero) is 1. The number of hydrogen-bond donors (Lipinski definition) is 1. The van der Waals surface area contributed by atoms with Gasteiger partial charge >= 0.3 is 5.97 Å². The quantitative estimate of drug-likeness (QED) is 0.599. The first-order chi connectivity index (χ1) is 13.0. The van der Waals surface area contributed by atoms with E-state index in [9.17, 15) is 19.5 Å². The number of rotatable bonds is 6. The van der Waals surface area contributed by atoms with E-state index < -0.39 is 12.6 Å². The third-order valence-corrected chi connectivity index (χ3v) is 5.21. The summed E-state index contributed by atoms with van der Waals surface area (Å²) in [6, 6.07) is 9.33. The number of thiophene rings is 1. The molecule has 1 N–H and O–H groups in total. The lowest BCUT2D eigenvalue weighted by atomic mass is 10.2. The number of carbonyl (C=O) groups excluding carboxylic acids is 3. The molecule has 1 aromatic carbocycles. The molecule has 7 nitrogen and oxygen atoms in total. The summed E-state index contributed by atoms with van der Waals surface area (Å²) in [6.45, 7) is 1.82. The standard InChI is InChI=1S/C19H19NO6S/c21-15-4-2-1-3-14(15)19(24)26-12-16(22)17-6-5-13(27-17)11-18(23)20-7-9-25-10-8-20/h1-6,21H,7-12H2. The highest BCUT2D eigenvalue weighted by atomic mass is 32.1. The van der Waals surface area contributed by atoms with Gasteiger partial charge in [0, 0.05) is 18.0 Å². The van der Waals surface area contributed by atoms with Crippen molar-refractivity contribution < 1.29 is 29.0 Å². The first-order valence-electron chi connectivity index (χ1n) is 8.47. The number of para-hydroxylation sites is 1. The fraction of sp³-hybridized carbons (Fsp3) is 0.316. The van der Waals surface area contributed by atoms with Crippen molar-refractivity contribution in [3.63, 3.8) is 0 Å². The highest BCUT2D eigenvalue weighted by Crippen LogP contribution is 2.20. The zero-order chi connectivity index (χ0) is 19.2. The third kappa shape index (κ3) is 4.93. The fourth-order valence-corrected chi connectivity index (χ4v) is 3.55. The Labute approximate surface area is 160 Å². The molecule has 0 radical (unpaired) electrons. The maximum absolute atomic E-state index is 12.2. The van der Waals surface area contributed by atoms with Gasteiger partial charge in [-0.15, -0.1) is 11.3 Å². The average Bonchev–Trinajstić information content (AvgIpc) is 3.15. The minimum Gasteiger partial charge on any atom is -0.507 e. The lowest BCUT2D eigenvalue weighted by Crippen LogP contribution is -2.41. The lowest BCUT2D eigenvalue weighted by Gasteiger charge is -2.26. The van der Waals surface area contributed by atoms with Crippen LogP contribution >= 0.6 is 11.3 Å². The molecule has 2 heterocycles. The molecule has 0 atom stereocenters. The summed E-state index contributed by atoms with van der Waals surface area (Å²) < 4.78 is 10.2. The van der Waals surface area contributed by atoms with Crippen LogP contribution in [0.15, 0.2) is 36.4 Å². The lowest BCUT2D eigenvalue weighted by molar-refractivity contribution is -0.134. The summed E-state index contributed by atoms with van der Waals surface area (Å²) in [5.41, 5.74) is 0.00766. The van der Waals surface area contributed by atoms with E-state index in [1.165, 1.54) is 23.5 Å². The van der Waals surface area contributed by atoms with Gasteiger partial charge in [-0.05, 0) is 24.3 Å². The number of esters is 1. The van der Waals surface area contributed by atoms with Crippen molar-refractivity contribution in [2.45, 2.75) is 6.42 Å². The molecule has 1 aliphatic heterocycles. The predicted octanol–water partition coefficient (Wildman–Crippen LogP) is 1.89. The Hall–Kier alpha value is -2.71. The van der Waals surface area contributed by atoms with Crippen molar-refractivity contribution >= 4 is 29.0 Å². The van der Waals surface area contributed by atoms with E-state index in [2.05, 4.69) is 0 Å². The van der Waals surface area contributed by atoms with Gasteiger partial charge in [-0.3, -0.25) is 9.59 Å². The van der Waals surface area contributed by atoms with Crippen LogP contribution in [0.5, 0.6) is 5.75 Å². The van der Waals surface area contributed by atoms with Crippen LogP contribution in [0.3, 0.4) is 0 Å². The molecule has 1 fully saturated rings. The molecule has 1 saturated heterocycles. The van der Waals surface area contributed by atoms with E-state index >= 15 is 0 Å². The number of phenols is 1. The molecule has 1 amide bonds. The Morgan fingerprint density at radius 1 is 1.11 bits per heavy atom. The molecule has 0 aliphatic carbocycles. The van der Waals surface area contributed by atoms with Gasteiger partial charge in [-0.2, -0.15) is 0 Å².